The van der Waals surface area contributed by atoms with E-state index in [4.69, 9.17) is 11.6 Å². The molecule has 1 saturated heterocycles. The largest absolute Gasteiger partial charge is 0.348 e. The first-order valence-electron chi connectivity index (χ1n) is 10.7. The van der Waals surface area contributed by atoms with Gasteiger partial charge in [-0.2, -0.15) is 0 Å². The van der Waals surface area contributed by atoms with Crippen molar-refractivity contribution in [1.29, 1.82) is 0 Å². The SMILES string of the molecule is Cc1ccc(CNC(=O)c2ccccc2NC(=O)[C@H]2CC(=O)N(c3ccc(Cl)cc3)C2)cc1. The summed E-state index contributed by atoms with van der Waals surface area (Å²) >= 11 is 5.93. The normalized spacial score (nSPS) is 15.4. The molecule has 3 aromatic carbocycles. The third-order valence-corrected chi connectivity index (χ3v) is 5.89. The molecule has 4 rings (SSSR count). The summed E-state index contributed by atoms with van der Waals surface area (Å²) in [5.41, 5.74) is 3.63. The van der Waals surface area contributed by atoms with E-state index in [-0.39, 0.29) is 30.7 Å². The Bertz CT molecular complexity index is 1180. The zero-order valence-electron chi connectivity index (χ0n) is 18.2. The van der Waals surface area contributed by atoms with Crippen LogP contribution in [0.25, 0.3) is 0 Å². The minimum absolute atomic E-state index is 0.107. The topological polar surface area (TPSA) is 78.5 Å². The van der Waals surface area contributed by atoms with Crippen molar-refractivity contribution < 1.29 is 14.4 Å². The third-order valence-electron chi connectivity index (χ3n) is 5.64. The van der Waals surface area contributed by atoms with Gasteiger partial charge in [0.1, 0.15) is 0 Å². The van der Waals surface area contributed by atoms with Crippen molar-refractivity contribution in [1.82, 2.24) is 5.32 Å². The van der Waals surface area contributed by atoms with Crippen LogP contribution in [-0.4, -0.2) is 24.3 Å². The Morgan fingerprint density at radius 1 is 1.00 bits per heavy atom. The summed E-state index contributed by atoms with van der Waals surface area (Å²) in [6.45, 7) is 2.66. The number of anilines is 2. The van der Waals surface area contributed by atoms with E-state index in [0.29, 0.717) is 28.5 Å². The molecule has 0 aliphatic carbocycles. The molecular formula is C26H24ClN3O3. The number of benzene rings is 3. The van der Waals surface area contributed by atoms with Crippen LogP contribution in [0.5, 0.6) is 0 Å². The van der Waals surface area contributed by atoms with Crippen molar-refractivity contribution in [3.8, 4) is 0 Å². The molecule has 1 atom stereocenters. The average Bonchev–Trinajstić information content (AvgIpc) is 3.21. The van der Waals surface area contributed by atoms with Gasteiger partial charge in [0.15, 0.2) is 0 Å². The molecule has 0 radical (unpaired) electrons. The number of carbonyl (C=O) groups excluding carboxylic acids is 3. The van der Waals surface area contributed by atoms with Gasteiger partial charge in [-0.25, -0.2) is 0 Å². The van der Waals surface area contributed by atoms with Gasteiger partial charge in [0.25, 0.3) is 5.91 Å². The number of hydrogen-bond donors (Lipinski definition) is 2. The Kier molecular flexibility index (Phi) is 6.75. The highest BCUT2D eigenvalue weighted by Crippen LogP contribution is 2.27. The second-order valence-corrected chi connectivity index (χ2v) is 8.52. The predicted molar refractivity (Wildman–Crippen MR) is 129 cm³/mol. The number of aryl methyl sites for hydroxylation is 1. The average molecular weight is 462 g/mol. The zero-order valence-corrected chi connectivity index (χ0v) is 18.9. The number of nitrogens with zero attached hydrogens (tertiary/aromatic N) is 1. The summed E-state index contributed by atoms with van der Waals surface area (Å²) < 4.78 is 0. The zero-order chi connectivity index (χ0) is 23.4. The van der Waals surface area contributed by atoms with Gasteiger partial charge in [0, 0.05) is 30.2 Å². The molecule has 1 aliphatic rings. The lowest BCUT2D eigenvalue weighted by Crippen LogP contribution is -2.29. The number of hydrogen-bond acceptors (Lipinski definition) is 3. The van der Waals surface area contributed by atoms with Crippen LogP contribution in [0.1, 0.15) is 27.9 Å². The summed E-state index contributed by atoms with van der Waals surface area (Å²) in [6.07, 6.45) is 0.107. The Labute approximate surface area is 197 Å². The van der Waals surface area contributed by atoms with E-state index in [0.717, 1.165) is 11.1 Å². The second kappa shape index (κ2) is 9.88. The molecule has 1 fully saturated rings. The van der Waals surface area contributed by atoms with E-state index in [1.807, 2.05) is 31.2 Å². The Morgan fingerprint density at radius 2 is 1.70 bits per heavy atom. The van der Waals surface area contributed by atoms with Crippen LogP contribution in [0.3, 0.4) is 0 Å². The number of amides is 3. The fourth-order valence-electron chi connectivity index (χ4n) is 3.76. The van der Waals surface area contributed by atoms with E-state index >= 15 is 0 Å². The number of halogens is 1. The molecule has 0 unspecified atom stereocenters. The highest BCUT2D eigenvalue weighted by Gasteiger charge is 2.35. The van der Waals surface area contributed by atoms with Crippen LogP contribution in [0.15, 0.2) is 72.8 Å². The maximum absolute atomic E-state index is 12.9. The van der Waals surface area contributed by atoms with E-state index < -0.39 is 5.92 Å². The Hall–Kier alpha value is -3.64. The van der Waals surface area contributed by atoms with Crippen molar-refractivity contribution in [2.24, 2.45) is 5.92 Å². The lowest BCUT2D eigenvalue weighted by Gasteiger charge is -2.17. The number of rotatable bonds is 6. The highest BCUT2D eigenvalue weighted by molar-refractivity contribution is 6.30. The van der Waals surface area contributed by atoms with Gasteiger partial charge in [-0.15, -0.1) is 0 Å². The van der Waals surface area contributed by atoms with Crippen LogP contribution in [0.4, 0.5) is 11.4 Å². The van der Waals surface area contributed by atoms with Gasteiger partial charge >= 0.3 is 0 Å². The lowest BCUT2D eigenvalue weighted by atomic mass is 10.1. The quantitative estimate of drug-likeness (QED) is 0.564. The van der Waals surface area contributed by atoms with E-state index in [2.05, 4.69) is 10.6 Å². The summed E-state index contributed by atoms with van der Waals surface area (Å²) in [5, 5.41) is 6.32. The minimum Gasteiger partial charge on any atom is -0.348 e. The smallest absolute Gasteiger partial charge is 0.253 e. The molecule has 168 valence electrons. The van der Waals surface area contributed by atoms with Crippen LogP contribution < -0.4 is 15.5 Å². The molecule has 33 heavy (non-hydrogen) atoms. The van der Waals surface area contributed by atoms with Gasteiger partial charge in [-0.1, -0.05) is 53.6 Å². The van der Waals surface area contributed by atoms with Crippen LogP contribution >= 0.6 is 11.6 Å². The Balaban J connectivity index is 1.41. The molecule has 0 saturated carbocycles. The molecule has 7 heteroatoms. The van der Waals surface area contributed by atoms with Crippen molar-refractivity contribution >= 4 is 40.7 Å². The molecule has 1 aliphatic heterocycles. The fourth-order valence-corrected chi connectivity index (χ4v) is 3.89. The fraction of sp³-hybridized carbons (Fsp3) is 0.192. The first-order valence-corrected chi connectivity index (χ1v) is 11.1. The van der Waals surface area contributed by atoms with Gasteiger partial charge < -0.3 is 15.5 Å². The molecule has 3 aromatic rings. The molecule has 1 heterocycles. The second-order valence-electron chi connectivity index (χ2n) is 8.08. The Morgan fingerprint density at radius 3 is 2.42 bits per heavy atom. The van der Waals surface area contributed by atoms with Crippen LogP contribution in [0, 0.1) is 12.8 Å². The number of nitrogens with one attached hydrogen (secondary N) is 2. The molecule has 0 bridgehead atoms. The number of carbonyl (C=O) groups is 3. The molecule has 0 aromatic heterocycles. The molecule has 3 amide bonds. The van der Waals surface area contributed by atoms with Gasteiger partial charge in [-0.3, -0.25) is 14.4 Å². The number of para-hydroxylation sites is 1. The standard InChI is InChI=1S/C26H24ClN3O3/c1-17-6-8-18(9-7-17)15-28-26(33)22-4-2-3-5-23(22)29-25(32)19-14-24(31)30(16-19)21-12-10-20(27)11-13-21/h2-13,19H,14-16H2,1H3,(H,28,33)(H,29,32)/t19-/m0/s1. The van der Waals surface area contributed by atoms with Crippen LogP contribution in [0.2, 0.25) is 5.02 Å². The maximum atomic E-state index is 12.9. The van der Waals surface area contributed by atoms with E-state index in [1.165, 1.54) is 0 Å². The molecular weight excluding hydrogens is 438 g/mol. The van der Waals surface area contributed by atoms with Crippen molar-refractivity contribution in [3.63, 3.8) is 0 Å². The van der Waals surface area contributed by atoms with Crippen molar-refractivity contribution in [2.75, 3.05) is 16.8 Å². The summed E-state index contributed by atoms with van der Waals surface area (Å²) in [4.78, 5) is 39.8. The van der Waals surface area contributed by atoms with E-state index in [1.54, 1.807) is 53.4 Å². The van der Waals surface area contributed by atoms with E-state index in [9.17, 15) is 14.4 Å². The van der Waals surface area contributed by atoms with Crippen LogP contribution in [-0.2, 0) is 16.1 Å². The first kappa shape index (κ1) is 22.6. The summed E-state index contributed by atoms with van der Waals surface area (Å²) in [6, 6.07) is 21.7. The van der Waals surface area contributed by atoms with Gasteiger partial charge in [0.05, 0.1) is 17.2 Å². The molecule has 2 N–H and O–H groups in total. The van der Waals surface area contributed by atoms with Crippen molar-refractivity contribution in [2.45, 2.75) is 19.9 Å². The summed E-state index contributed by atoms with van der Waals surface area (Å²) in [7, 11) is 0. The predicted octanol–water partition coefficient (Wildman–Crippen LogP) is 4.57. The molecule has 0 spiro atoms. The van der Waals surface area contributed by atoms with Gasteiger partial charge in [-0.05, 0) is 48.9 Å². The lowest BCUT2D eigenvalue weighted by molar-refractivity contribution is -0.122. The third kappa shape index (κ3) is 5.41. The van der Waals surface area contributed by atoms with Crippen molar-refractivity contribution in [3.05, 3.63) is 94.5 Å². The highest BCUT2D eigenvalue weighted by atomic mass is 35.5. The maximum Gasteiger partial charge on any atom is 0.253 e. The van der Waals surface area contributed by atoms with Gasteiger partial charge in [0.2, 0.25) is 11.8 Å². The first-order chi connectivity index (χ1) is 15.9. The molecule has 6 nitrogen and oxygen atoms in total. The minimum atomic E-state index is -0.517. The monoisotopic (exact) mass is 461 g/mol. The summed E-state index contributed by atoms with van der Waals surface area (Å²) in [5.74, 6) is -1.21.